The molecule has 1 saturated carbocycles. The van der Waals surface area contributed by atoms with Crippen molar-refractivity contribution in [2.24, 2.45) is 11.1 Å². The summed E-state index contributed by atoms with van der Waals surface area (Å²) in [6.45, 7) is 1.86. The van der Waals surface area contributed by atoms with E-state index in [2.05, 4.69) is 21.1 Å². The van der Waals surface area contributed by atoms with E-state index >= 15 is 0 Å². The maximum Gasteiger partial charge on any atom is 0.324 e. The Morgan fingerprint density at radius 3 is 2.33 bits per heavy atom. The van der Waals surface area contributed by atoms with Gasteiger partial charge >= 0.3 is 6.03 Å². The van der Waals surface area contributed by atoms with Gasteiger partial charge in [0.1, 0.15) is 0 Å². The van der Waals surface area contributed by atoms with Crippen molar-refractivity contribution in [3.05, 3.63) is 58.6 Å². The molecular formula is C19H19ClN4O3. The molecule has 0 aromatic heterocycles. The second-order valence-corrected chi connectivity index (χ2v) is 6.74. The summed E-state index contributed by atoms with van der Waals surface area (Å²) >= 11 is 6.03. The van der Waals surface area contributed by atoms with Crippen molar-refractivity contribution < 1.29 is 14.8 Å². The Kier molecular flexibility index (Phi) is 5.61. The van der Waals surface area contributed by atoms with E-state index in [1.165, 1.54) is 0 Å². The van der Waals surface area contributed by atoms with Gasteiger partial charge in [0.05, 0.1) is 0 Å². The predicted molar refractivity (Wildman–Crippen MR) is 104 cm³/mol. The first-order valence-corrected chi connectivity index (χ1v) is 8.81. The van der Waals surface area contributed by atoms with Gasteiger partial charge in [0, 0.05) is 27.9 Å². The highest BCUT2D eigenvalue weighted by Crippen LogP contribution is 2.30. The minimum absolute atomic E-state index is 0.00746. The van der Waals surface area contributed by atoms with Crippen LogP contribution < -0.4 is 16.0 Å². The van der Waals surface area contributed by atoms with Crippen molar-refractivity contribution in [2.75, 3.05) is 10.6 Å². The van der Waals surface area contributed by atoms with Crippen molar-refractivity contribution in [2.45, 2.75) is 19.8 Å². The first-order valence-electron chi connectivity index (χ1n) is 8.44. The summed E-state index contributed by atoms with van der Waals surface area (Å²) in [5.74, 6) is 0.0960. The minimum Gasteiger partial charge on any atom is -0.409 e. The number of urea groups is 1. The van der Waals surface area contributed by atoms with Gasteiger partial charge in [0.25, 0.3) is 0 Å². The zero-order valence-corrected chi connectivity index (χ0v) is 15.4. The number of halogens is 1. The van der Waals surface area contributed by atoms with Gasteiger partial charge in [-0.15, -0.1) is 0 Å². The molecule has 0 saturated heterocycles. The molecule has 4 N–H and O–H groups in total. The highest BCUT2D eigenvalue weighted by atomic mass is 35.5. The Balaban J connectivity index is 1.61. The summed E-state index contributed by atoms with van der Waals surface area (Å²) in [5, 5.41) is 20.8. The Hall–Kier alpha value is -3.06. The Bertz CT molecular complexity index is 892. The number of anilines is 2. The smallest absolute Gasteiger partial charge is 0.324 e. The third-order valence-corrected chi connectivity index (χ3v) is 4.54. The Morgan fingerprint density at radius 1 is 1.07 bits per heavy atom. The largest absolute Gasteiger partial charge is 0.409 e. The molecular weight excluding hydrogens is 368 g/mol. The zero-order valence-electron chi connectivity index (χ0n) is 14.6. The molecule has 0 spiro atoms. The van der Waals surface area contributed by atoms with Gasteiger partial charge in [-0.25, -0.2) is 4.79 Å². The van der Waals surface area contributed by atoms with Gasteiger partial charge in [-0.1, -0.05) is 22.8 Å². The molecule has 0 radical (unpaired) electrons. The second kappa shape index (κ2) is 8.09. The van der Waals surface area contributed by atoms with Crippen molar-refractivity contribution in [1.29, 1.82) is 0 Å². The monoisotopic (exact) mass is 386 g/mol. The van der Waals surface area contributed by atoms with Crippen molar-refractivity contribution in [1.82, 2.24) is 5.32 Å². The first kappa shape index (κ1) is 18.7. The molecule has 1 aliphatic carbocycles. The number of benzene rings is 2. The fraction of sp³-hybridized carbons (Fsp3) is 0.211. The van der Waals surface area contributed by atoms with Crippen LogP contribution in [0.1, 0.15) is 24.0 Å². The Labute approximate surface area is 161 Å². The number of rotatable bonds is 4. The predicted octanol–water partition coefficient (Wildman–Crippen LogP) is 3.95. The number of hydrogen-bond donors (Lipinski definition) is 4. The SMILES string of the molecule is Cc1ccc(NC(=O)N/C(=N/O)c2ccc(NC(=O)C3CC3)cc2)cc1Cl. The van der Waals surface area contributed by atoms with E-state index in [0.29, 0.717) is 22.0 Å². The maximum absolute atomic E-state index is 12.1. The number of oxime groups is 1. The molecule has 3 rings (SSSR count). The maximum atomic E-state index is 12.1. The van der Waals surface area contributed by atoms with Crippen LogP contribution in [0.15, 0.2) is 47.6 Å². The van der Waals surface area contributed by atoms with E-state index in [1.54, 1.807) is 42.5 Å². The fourth-order valence-electron chi connectivity index (χ4n) is 2.40. The molecule has 0 bridgehead atoms. The van der Waals surface area contributed by atoms with Crippen LogP contribution in [0, 0.1) is 12.8 Å². The molecule has 2 aromatic carbocycles. The summed E-state index contributed by atoms with van der Waals surface area (Å²) in [6, 6.07) is 11.2. The van der Waals surface area contributed by atoms with Gasteiger partial charge in [-0.2, -0.15) is 0 Å². The van der Waals surface area contributed by atoms with E-state index in [-0.39, 0.29) is 17.7 Å². The molecule has 1 aliphatic rings. The second-order valence-electron chi connectivity index (χ2n) is 6.33. The summed E-state index contributed by atoms with van der Waals surface area (Å²) in [6.07, 6.45) is 1.85. The first-order chi connectivity index (χ1) is 13.0. The molecule has 0 unspecified atom stereocenters. The lowest BCUT2D eigenvalue weighted by atomic mass is 10.2. The Morgan fingerprint density at radius 2 is 1.74 bits per heavy atom. The molecule has 1 fully saturated rings. The van der Waals surface area contributed by atoms with Crippen LogP contribution >= 0.6 is 11.6 Å². The molecule has 7 nitrogen and oxygen atoms in total. The number of carbonyl (C=O) groups is 2. The number of carbonyl (C=O) groups excluding carboxylic acids is 2. The number of nitrogens with zero attached hydrogens (tertiary/aromatic N) is 1. The fourth-order valence-corrected chi connectivity index (χ4v) is 2.58. The van der Waals surface area contributed by atoms with Crippen LogP contribution in [0.25, 0.3) is 0 Å². The molecule has 27 heavy (non-hydrogen) atoms. The van der Waals surface area contributed by atoms with E-state index < -0.39 is 6.03 Å². The van der Waals surface area contributed by atoms with Gasteiger partial charge in [-0.3, -0.25) is 10.1 Å². The normalized spacial score (nSPS) is 13.8. The number of amides is 3. The number of aryl methyl sites for hydroxylation is 1. The summed E-state index contributed by atoms with van der Waals surface area (Å²) in [5.41, 5.74) is 2.54. The number of nitrogens with one attached hydrogen (secondary N) is 3. The molecule has 0 aliphatic heterocycles. The summed E-state index contributed by atoms with van der Waals surface area (Å²) in [4.78, 5) is 23.9. The molecule has 140 valence electrons. The van der Waals surface area contributed by atoms with E-state index in [4.69, 9.17) is 11.6 Å². The zero-order chi connectivity index (χ0) is 19.4. The number of amidine groups is 1. The van der Waals surface area contributed by atoms with Crippen LogP contribution in [0.5, 0.6) is 0 Å². The standard InChI is InChI=1S/C19H19ClN4O3/c1-11-2-7-15(10-16(11)20)22-19(26)23-17(24-27)12-5-8-14(9-6-12)21-18(25)13-3-4-13/h2,5-10,13,27H,3-4H2,1H3,(H,21,25)(H2,22,23,24,26). The molecule has 3 amide bonds. The van der Waals surface area contributed by atoms with Crippen LogP contribution in [0.4, 0.5) is 16.2 Å². The average Bonchev–Trinajstić information content (AvgIpc) is 3.49. The van der Waals surface area contributed by atoms with Crippen LogP contribution in [-0.2, 0) is 4.79 Å². The van der Waals surface area contributed by atoms with Crippen molar-refractivity contribution >= 4 is 40.7 Å². The lowest BCUT2D eigenvalue weighted by molar-refractivity contribution is -0.117. The molecule has 0 heterocycles. The molecule has 0 atom stereocenters. The number of hydrogen-bond acceptors (Lipinski definition) is 4. The van der Waals surface area contributed by atoms with Crippen LogP contribution in [0.2, 0.25) is 5.02 Å². The van der Waals surface area contributed by atoms with E-state index in [1.807, 2.05) is 6.92 Å². The molecule has 8 heteroatoms. The quantitative estimate of drug-likeness (QED) is 0.277. The third kappa shape index (κ3) is 4.98. The summed E-state index contributed by atoms with van der Waals surface area (Å²) in [7, 11) is 0. The van der Waals surface area contributed by atoms with Gasteiger partial charge in [-0.05, 0) is 61.7 Å². The minimum atomic E-state index is -0.575. The van der Waals surface area contributed by atoms with Gasteiger partial charge < -0.3 is 15.8 Å². The van der Waals surface area contributed by atoms with E-state index in [0.717, 1.165) is 18.4 Å². The summed E-state index contributed by atoms with van der Waals surface area (Å²) < 4.78 is 0. The topological polar surface area (TPSA) is 103 Å². The third-order valence-electron chi connectivity index (χ3n) is 4.14. The average molecular weight is 387 g/mol. The highest BCUT2D eigenvalue weighted by Gasteiger charge is 2.29. The van der Waals surface area contributed by atoms with Crippen LogP contribution in [0.3, 0.4) is 0 Å². The lowest BCUT2D eigenvalue weighted by Gasteiger charge is -2.11. The van der Waals surface area contributed by atoms with Gasteiger partial charge in [0.15, 0.2) is 5.84 Å². The molecule has 2 aromatic rings. The van der Waals surface area contributed by atoms with Crippen LogP contribution in [-0.4, -0.2) is 23.0 Å². The highest BCUT2D eigenvalue weighted by molar-refractivity contribution is 6.31. The van der Waals surface area contributed by atoms with Crippen molar-refractivity contribution in [3.63, 3.8) is 0 Å². The lowest BCUT2D eigenvalue weighted by Crippen LogP contribution is -2.35. The van der Waals surface area contributed by atoms with Gasteiger partial charge in [0.2, 0.25) is 5.91 Å². The van der Waals surface area contributed by atoms with E-state index in [9.17, 15) is 14.8 Å². The van der Waals surface area contributed by atoms with Crippen molar-refractivity contribution in [3.8, 4) is 0 Å².